The molecule has 0 aliphatic rings. The fraction of sp³-hybridized carbons (Fsp3) is 0.0541. The van der Waals surface area contributed by atoms with E-state index in [9.17, 15) is 57.5 Å². The number of nitrogens with zero attached hydrogens (tertiary/aromatic N) is 2. The molecule has 0 unspecified atom stereocenters. The topological polar surface area (TPSA) is 33.8 Å². The normalized spacial score (nSPS) is 11.5. The highest BCUT2D eigenvalue weighted by Crippen LogP contribution is 2.30. The van der Waals surface area contributed by atoms with Gasteiger partial charge in [0.2, 0.25) is 5.78 Å². The van der Waals surface area contributed by atoms with E-state index >= 15 is 35.1 Å². The van der Waals surface area contributed by atoms with Crippen LogP contribution in [0.15, 0.2) is 48.9 Å². The summed E-state index contributed by atoms with van der Waals surface area (Å²) in [6.45, 7) is 2.25. The van der Waals surface area contributed by atoms with Crippen LogP contribution in [-0.2, 0) is 6.54 Å². The second-order valence-electron chi connectivity index (χ2n) is 12.4. The van der Waals surface area contributed by atoms with Gasteiger partial charge in [0.15, 0.2) is 82.5 Å². The Morgan fingerprint density at radius 3 is 0.967 bits per heavy atom. The maximum Gasteiger partial charge on any atom is 0.267 e. The molecule has 3 nitrogen and oxygen atoms in total. The van der Waals surface area contributed by atoms with Gasteiger partial charge in [0, 0.05) is 12.5 Å². The van der Waals surface area contributed by atoms with Gasteiger partial charge in [-0.2, -0.15) is 4.57 Å². The number of Topliss-reactive ketones (excluding diaryl/α,β-unsaturated/α-hetero) is 1. The Morgan fingerprint density at radius 2 is 0.705 bits per heavy atom. The highest BCUT2D eigenvalue weighted by molar-refractivity contribution is 7.20. The molecular weight excluding hydrogens is 879 g/mol. The molecule has 0 spiro atoms. The first-order valence-electron chi connectivity index (χ1n) is 16.1. The lowest BCUT2D eigenvalue weighted by atomic mass is 9.12. The Morgan fingerprint density at radius 1 is 0.443 bits per heavy atom. The van der Waals surface area contributed by atoms with Gasteiger partial charge in [-0.3, -0.25) is 9.78 Å². The number of rotatable bonds is 7. The molecule has 5 aromatic carbocycles. The second kappa shape index (κ2) is 16.9. The Hall–Kier alpha value is -6.49. The van der Waals surface area contributed by atoms with Crippen LogP contribution in [0.1, 0.15) is 23.0 Å². The summed E-state index contributed by atoms with van der Waals surface area (Å²) in [6.07, 6.45) is -2.10. The van der Waals surface area contributed by atoms with Gasteiger partial charge in [0.25, 0.3) is 5.69 Å². The predicted octanol–water partition coefficient (Wildman–Crippen LogP) is 7.47. The highest BCUT2D eigenvalue weighted by Gasteiger charge is 2.52. The predicted molar refractivity (Wildman–Crippen MR) is 169 cm³/mol. The van der Waals surface area contributed by atoms with Crippen molar-refractivity contribution in [3.8, 4) is 0 Å². The number of hydrogen-bond acceptors (Lipinski definition) is 2. The molecule has 0 N–H and O–H groups in total. The van der Waals surface area contributed by atoms with Crippen molar-refractivity contribution < 1.29 is 97.2 Å². The largest absolute Gasteiger partial charge is 0.288 e. The van der Waals surface area contributed by atoms with Crippen LogP contribution in [0.3, 0.4) is 0 Å². The molecule has 0 radical (unpaired) electrons. The first-order valence-corrected chi connectivity index (χ1v) is 16.1. The molecule has 6 rings (SSSR count). The average Bonchev–Trinajstić information content (AvgIpc) is 3.24. The molecule has 0 aliphatic carbocycles. The lowest BCUT2D eigenvalue weighted by molar-refractivity contribution is -0.690. The van der Waals surface area contributed by atoms with Crippen molar-refractivity contribution in [1.29, 1.82) is 0 Å². The van der Waals surface area contributed by atoms with Crippen LogP contribution in [0, 0.1) is 116 Å². The van der Waals surface area contributed by atoms with Crippen molar-refractivity contribution in [2.75, 3.05) is 0 Å². The first-order chi connectivity index (χ1) is 28.5. The van der Waals surface area contributed by atoms with E-state index in [-0.39, 0.29) is 5.78 Å². The fourth-order valence-electron chi connectivity index (χ4n) is 6.47. The van der Waals surface area contributed by atoms with E-state index < -0.39 is 144 Å². The number of carbonyl (C=O) groups excluding carboxylic acids is 1. The molecule has 0 fully saturated rings. The monoisotopic (exact) mass is 892 g/mol. The smallest absolute Gasteiger partial charge is 0.267 e. The minimum absolute atomic E-state index is 0.0315. The van der Waals surface area contributed by atoms with Crippen molar-refractivity contribution in [2.24, 2.45) is 0 Å². The third kappa shape index (κ3) is 7.19. The van der Waals surface area contributed by atoms with Gasteiger partial charge in [-0.25, -0.2) is 87.8 Å². The van der Waals surface area contributed by atoms with Crippen molar-refractivity contribution in [3.63, 3.8) is 0 Å². The van der Waals surface area contributed by atoms with Crippen LogP contribution in [0.5, 0.6) is 0 Å². The van der Waals surface area contributed by atoms with Gasteiger partial charge in [-0.15, -0.1) is 21.9 Å². The highest BCUT2D eigenvalue weighted by atomic mass is 19.2. The molecular formula is C37H13BF20N2O. The van der Waals surface area contributed by atoms with Gasteiger partial charge in [0.05, 0.1) is 6.20 Å². The van der Waals surface area contributed by atoms with Crippen LogP contribution >= 0.6 is 0 Å². The lowest BCUT2D eigenvalue weighted by Gasteiger charge is -2.44. The molecule has 0 saturated heterocycles. The van der Waals surface area contributed by atoms with Gasteiger partial charge in [-0.05, 0) is 0 Å². The molecule has 1 aromatic heterocycles. The number of halogens is 20. The molecule has 61 heavy (non-hydrogen) atoms. The minimum Gasteiger partial charge on any atom is -0.288 e. The standard InChI is InChI=1S/C24BF20.C13H13N2O/c26-5-1(6(27)14(35)21(42)13(5)34)25(2-7(28)15(36)22(43)16(37)8(2)29,3-9(30)17(38)23(44)18(39)10(3)31)4-11(32)19(40)24(45)20(41)12(4)33;1-11(16)13-9-14-7-8-15(13)10-12-5-3-2-4-6-12/h;2-9H,10H2,1H3/q-1;+1. The van der Waals surface area contributed by atoms with E-state index in [4.69, 9.17) is 0 Å². The molecule has 0 aliphatic heterocycles. The van der Waals surface area contributed by atoms with Crippen molar-refractivity contribution in [1.82, 2.24) is 4.98 Å². The third-order valence-corrected chi connectivity index (χ3v) is 9.10. The average molecular weight is 892 g/mol. The number of ketones is 1. The Labute approximate surface area is 326 Å². The quantitative estimate of drug-likeness (QED) is 0.0417. The van der Waals surface area contributed by atoms with Crippen molar-refractivity contribution in [2.45, 2.75) is 13.5 Å². The van der Waals surface area contributed by atoms with Crippen LogP contribution in [0.4, 0.5) is 87.8 Å². The zero-order valence-electron chi connectivity index (χ0n) is 29.3. The molecule has 0 saturated carbocycles. The van der Waals surface area contributed by atoms with Gasteiger partial charge >= 0.3 is 0 Å². The number of carbonyl (C=O) groups is 1. The van der Waals surface area contributed by atoms with E-state index in [2.05, 4.69) is 4.98 Å². The maximum atomic E-state index is 15.4. The summed E-state index contributed by atoms with van der Waals surface area (Å²) >= 11 is 0. The number of benzene rings is 5. The van der Waals surface area contributed by atoms with Crippen LogP contribution in [-0.4, -0.2) is 16.9 Å². The summed E-state index contributed by atoms with van der Waals surface area (Å²) in [7, 11) is 0. The molecule has 1 heterocycles. The van der Waals surface area contributed by atoms with Crippen LogP contribution < -0.4 is 26.4 Å². The summed E-state index contributed by atoms with van der Waals surface area (Å²) in [6, 6.07) is 10.0. The minimum atomic E-state index is -7.22. The van der Waals surface area contributed by atoms with E-state index in [1.54, 1.807) is 19.3 Å². The van der Waals surface area contributed by atoms with Crippen molar-refractivity contribution in [3.05, 3.63) is 177 Å². The SMILES string of the molecule is CC(=O)c1cncc[n+]1Cc1ccccc1.Fc1c(F)c(F)c([B-](c2c(F)c(F)c(F)c(F)c2F)(c2c(F)c(F)c(F)c(F)c2F)c2c(F)c(F)c(F)c(F)c2F)c(F)c1F. The molecule has 0 bridgehead atoms. The summed E-state index contributed by atoms with van der Waals surface area (Å²) in [5.74, 6) is -71.4. The third-order valence-electron chi connectivity index (χ3n) is 9.10. The number of aromatic nitrogens is 2. The number of hydrogen-bond donors (Lipinski definition) is 0. The summed E-state index contributed by atoms with van der Waals surface area (Å²) in [5.41, 5.74) is -12.5. The second-order valence-corrected chi connectivity index (χ2v) is 12.4. The van der Waals surface area contributed by atoms with Crippen LogP contribution in [0.2, 0.25) is 0 Å². The van der Waals surface area contributed by atoms with Gasteiger partial charge in [-0.1, -0.05) is 30.3 Å². The van der Waals surface area contributed by atoms with Gasteiger partial charge < -0.3 is 0 Å². The van der Waals surface area contributed by atoms with Crippen LogP contribution in [0.25, 0.3) is 0 Å². The molecule has 320 valence electrons. The summed E-state index contributed by atoms with van der Waals surface area (Å²) in [5, 5.41) is 0. The van der Waals surface area contributed by atoms with E-state index in [0.29, 0.717) is 12.2 Å². The fourth-order valence-corrected chi connectivity index (χ4v) is 6.47. The van der Waals surface area contributed by atoms with E-state index in [1.165, 1.54) is 5.56 Å². The lowest BCUT2D eigenvalue weighted by Crippen LogP contribution is -2.81. The van der Waals surface area contributed by atoms with E-state index in [1.807, 2.05) is 41.1 Å². The zero-order chi connectivity index (χ0) is 45.7. The molecule has 6 aromatic rings. The van der Waals surface area contributed by atoms with Crippen molar-refractivity contribution >= 4 is 33.8 Å². The Kier molecular flexibility index (Phi) is 12.6. The molecule has 0 amide bonds. The maximum absolute atomic E-state index is 15.4. The van der Waals surface area contributed by atoms with Gasteiger partial charge in [0.1, 0.15) is 58.9 Å². The van der Waals surface area contributed by atoms with E-state index in [0.717, 1.165) is 0 Å². The molecule has 0 atom stereocenters. The first kappa shape index (κ1) is 45.6. The Balaban J connectivity index is 0.000000366. The summed E-state index contributed by atoms with van der Waals surface area (Å²) < 4.78 is 296. The zero-order valence-corrected chi connectivity index (χ0v) is 29.3. The summed E-state index contributed by atoms with van der Waals surface area (Å²) in [4.78, 5) is 15.4. The Bertz CT molecular complexity index is 2390. The molecule has 24 heteroatoms.